The maximum Gasteiger partial charge on any atom is 0.119 e. The van der Waals surface area contributed by atoms with Gasteiger partial charge in [-0.25, -0.2) is 0 Å². The summed E-state index contributed by atoms with van der Waals surface area (Å²) in [6, 6.07) is 10.1. The van der Waals surface area contributed by atoms with Gasteiger partial charge in [0.1, 0.15) is 5.75 Å². The summed E-state index contributed by atoms with van der Waals surface area (Å²) in [5.74, 6) is 0.992. The fraction of sp³-hybridized carbons (Fsp3) is 0.600. The molecular formula is C15H27OP. The van der Waals surface area contributed by atoms with Crippen LogP contribution in [0.15, 0.2) is 30.3 Å². The second kappa shape index (κ2) is 13.5. The van der Waals surface area contributed by atoms with Crippen molar-refractivity contribution in [3.8, 4) is 5.75 Å². The van der Waals surface area contributed by atoms with E-state index in [1.165, 1.54) is 38.5 Å². The maximum atomic E-state index is 5.61. The van der Waals surface area contributed by atoms with Crippen LogP contribution in [0.2, 0.25) is 0 Å². The number of unbranched alkanes of at least 4 members (excludes halogenated alkanes) is 5. The highest BCUT2D eigenvalue weighted by Gasteiger charge is 1.92. The predicted octanol–water partition coefficient (Wildman–Crippen LogP) is 4.92. The van der Waals surface area contributed by atoms with Gasteiger partial charge in [-0.3, -0.25) is 0 Å². The Labute approximate surface area is 109 Å². The molecule has 0 N–H and O–H groups in total. The van der Waals surface area contributed by atoms with Crippen LogP contribution in [0, 0.1) is 0 Å². The molecule has 0 aliphatic rings. The molecular weight excluding hydrogens is 227 g/mol. The van der Waals surface area contributed by atoms with E-state index >= 15 is 0 Å². The van der Waals surface area contributed by atoms with Crippen LogP contribution in [0.1, 0.15) is 45.4 Å². The molecule has 0 heterocycles. The number of para-hydroxylation sites is 1. The minimum Gasteiger partial charge on any atom is -0.494 e. The molecule has 0 bridgehead atoms. The second-order valence-electron chi connectivity index (χ2n) is 3.93. The summed E-state index contributed by atoms with van der Waals surface area (Å²) < 4.78 is 5.61. The summed E-state index contributed by atoms with van der Waals surface area (Å²) in [5, 5.41) is 0. The van der Waals surface area contributed by atoms with Crippen LogP contribution in [0.25, 0.3) is 0 Å². The fourth-order valence-corrected chi connectivity index (χ4v) is 1.59. The molecule has 0 aromatic heterocycles. The Kier molecular flexibility index (Phi) is 13.1. The van der Waals surface area contributed by atoms with E-state index in [0.717, 1.165) is 12.4 Å². The third kappa shape index (κ3) is 10.3. The summed E-state index contributed by atoms with van der Waals surface area (Å²) >= 11 is 0. The zero-order chi connectivity index (χ0) is 12.8. The number of ether oxygens (including phenoxy) is 1. The molecule has 0 fully saturated rings. The van der Waals surface area contributed by atoms with Crippen LogP contribution in [0.5, 0.6) is 5.75 Å². The number of benzene rings is 1. The van der Waals surface area contributed by atoms with Crippen LogP contribution in [0.3, 0.4) is 0 Å². The van der Waals surface area contributed by atoms with E-state index in [9.17, 15) is 0 Å². The lowest BCUT2D eigenvalue weighted by Crippen LogP contribution is -1.96. The van der Waals surface area contributed by atoms with Gasteiger partial charge in [-0.1, -0.05) is 63.9 Å². The first-order chi connectivity index (χ1) is 8.43. The van der Waals surface area contributed by atoms with Gasteiger partial charge in [-0.15, -0.1) is 9.24 Å². The molecule has 0 radical (unpaired) electrons. The van der Waals surface area contributed by atoms with E-state index < -0.39 is 0 Å². The molecule has 1 aromatic rings. The van der Waals surface area contributed by atoms with Crippen molar-refractivity contribution in [3.63, 3.8) is 0 Å². The Bertz CT molecular complexity index is 236. The molecule has 0 saturated carbocycles. The van der Waals surface area contributed by atoms with Crippen molar-refractivity contribution in [1.82, 2.24) is 0 Å². The molecule has 0 amide bonds. The van der Waals surface area contributed by atoms with Gasteiger partial charge in [0, 0.05) is 0 Å². The topological polar surface area (TPSA) is 9.23 Å². The van der Waals surface area contributed by atoms with Crippen LogP contribution < -0.4 is 4.74 Å². The fourth-order valence-electron chi connectivity index (χ4n) is 1.59. The molecule has 2 heteroatoms. The van der Waals surface area contributed by atoms with E-state index in [1.807, 2.05) is 37.0 Å². The Balaban J connectivity index is 0.00000121. The zero-order valence-corrected chi connectivity index (χ0v) is 12.5. The summed E-state index contributed by atoms with van der Waals surface area (Å²) in [7, 11) is 2.42. The summed E-state index contributed by atoms with van der Waals surface area (Å²) in [6.45, 7) is 5.02. The lowest BCUT2D eigenvalue weighted by molar-refractivity contribution is 0.304. The lowest BCUT2D eigenvalue weighted by Gasteiger charge is -2.05. The average molecular weight is 254 g/mol. The molecule has 0 spiro atoms. The van der Waals surface area contributed by atoms with Gasteiger partial charge in [0.15, 0.2) is 0 Å². The van der Waals surface area contributed by atoms with Crippen molar-refractivity contribution in [2.75, 3.05) is 13.3 Å². The Morgan fingerprint density at radius 1 is 0.882 bits per heavy atom. The predicted molar refractivity (Wildman–Crippen MR) is 80.9 cm³/mol. The maximum absolute atomic E-state index is 5.61. The van der Waals surface area contributed by atoms with Crippen molar-refractivity contribution < 1.29 is 4.74 Å². The van der Waals surface area contributed by atoms with Crippen molar-refractivity contribution in [3.05, 3.63) is 30.3 Å². The SMILES string of the molecule is CCCCCCCCOc1ccccc1.CP. The van der Waals surface area contributed by atoms with Gasteiger partial charge in [0.05, 0.1) is 6.61 Å². The third-order valence-corrected chi connectivity index (χ3v) is 2.51. The molecule has 1 nitrogen and oxygen atoms in total. The van der Waals surface area contributed by atoms with Crippen molar-refractivity contribution in [2.45, 2.75) is 45.4 Å². The highest BCUT2D eigenvalue weighted by atomic mass is 31.0. The molecule has 1 rings (SSSR count). The molecule has 17 heavy (non-hydrogen) atoms. The Morgan fingerprint density at radius 2 is 1.47 bits per heavy atom. The van der Waals surface area contributed by atoms with Crippen LogP contribution in [0.4, 0.5) is 0 Å². The Hall–Kier alpha value is -0.550. The highest BCUT2D eigenvalue weighted by Crippen LogP contribution is 2.10. The molecule has 1 unspecified atom stereocenters. The first kappa shape index (κ1) is 16.4. The third-order valence-electron chi connectivity index (χ3n) is 2.51. The largest absolute Gasteiger partial charge is 0.494 e. The number of hydrogen-bond acceptors (Lipinski definition) is 1. The van der Waals surface area contributed by atoms with Crippen molar-refractivity contribution in [1.29, 1.82) is 0 Å². The van der Waals surface area contributed by atoms with Gasteiger partial charge in [0.25, 0.3) is 0 Å². The van der Waals surface area contributed by atoms with Gasteiger partial charge in [0.2, 0.25) is 0 Å². The van der Waals surface area contributed by atoms with Gasteiger partial charge < -0.3 is 4.74 Å². The molecule has 0 saturated heterocycles. The summed E-state index contributed by atoms with van der Waals surface area (Å²) in [5.41, 5.74) is 0. The zero-order valence-electron chi connectivity index (χ0n) is 11.3. The quantitative estimate of drug-likeness (QED) is 0.473. The van der Waals surface area contributed by atoms with Crippen LogP contribution in [-0.4, -0.2) is 13.3 Å². The van der Waals surface area contributed by atoms with E-state index in [2.05, 4.69) is 16.2 Å². The van der Waals surface area contributed by atoms with E-state index in [0.29, 0.717) is 0 Å². The van der Waals surface area contributed by atoms with Gasteiger partial charge in [-0.05, 0) is 18.6 Å². The Morgan fingerprint density at radius 3 is 2.12 bits per heavy atom. The van der Waals surface area contributed by atoms with Crippen molar-refractivity contribution >= 4 is 9.24 Å². The molecule has 0 aliphatic carbocycles. The van der Waals surface area contributed by atoms with Gasteiger partial charge in [-0.2, -0.15) is 0 Å². The normalized spacial score (nSPS) is 9.35. The first-order valence-electron chi connectivity index (χ1n) is 6.69. The van der Waals surface area contributed by atoms with E-state index in [4.69, 9.17) is 4.74 Å². The summed E-state index contributed by atoms with van der Waals surface area (Å²) in [6.07, 6.45) is 7.90. The van der Waals surface area contributed by atoms with Crippen LogP contribution >= 0.6 is 9.24 Å². The van der Waals surface area contributed by atoms with E-state index in [1.54, 1.807) is 0 Å². The van der Waals surface area contributed by atoms with Crippen LogP contribution in [-0.2, 0) is 0 Å². The standard InChI is InChI=1S/C14H22O.CH5P/c1-2-3-4-5-6-10-13-15-14-11-8-7-9-12-14;1-2/h7-9,11-12H,2-6,10,13H2,1H3;2H2,1H3. The first-order valence-corrected chi connectivity index (χ1v) is 7.84. The molecule has 1 atom stereocenters. The monoisotopic (exact) mass is 254 g/mol. The lowest BCUT2D eigenvalue weighted by atomic mass is 10.1. The molecule has 1 aromatic carbocycles. The average Bonchev–Trinajstić information content (AvgIpc) is 2.41. The minimum atomic E-state index is 0.857. The number of hydrogen-bond donors (Lipinski definition) is 0. The summed E-state index contributed by atoms with van der Waals surface area (Å²) in [4.78, 5) is 0. The van der Waals surface area contributed by atoms with Crippen molar-refractivity contribution in [2.24, 2.45) is 0 Å². The van der Waals surface area contributed by atoms with E-state index in [-0.39, 0.29) is 0 Å². The van der Waals surface area contributed by atoms with Gasteiger partial charge >= 0.3 is 0 Å². The molecule has 98 valence electrons. The second-order valence-corrected chi connectivity index (χ2v) is 3.93. The molecule has 0 aliphatic heterocycles. The highest BCUT2D eigenvalue weighted by molar-refractivity contribution is 7.15. The number of rotatable bonds is 8. The minimum absolute atomic E-state index is 0.857. The smallest absolute Gasteiger partial charge is 0.119 e.